The van der Waals surface area contributed by atoms with E-state index in [9.17, 15) is 27.6 Å². The molecule has 14 heteroatoms. The lowest BCUT2D eigenvalue weighted by atomic mass is 9.95. The highest BCUT2D eigenvalue weighted by Crippen LogP contribution is 2.31. The number of rotatable bonds is 6. The molecule has 0 spiro atoms. The van der Waals surface area contributed by atoms with Gasteiger partial charge >= 0.3 is 0 Å². The fourth-order valence-electron chi connectivity index (χ4n) is 5.44. The summed E-state index contributed by atoms with van der Waals surface area (Å²) in [5.41, 5.74) is 6.29. The Bertz CT molecular complexity index is 1570. The highest BCUT2D eigenvalue weighted by Gasteiger charge is 2.37. The van der Waals surface area contributed by atoms with Gasteiger partial charge in [0, 0.05) is 43.9 Å². The Morgan fingerprint density at radius 1 is 1.07 bits per heavy atom. The lowest BCUT2D eigenvalue weighted by Crippen LogP contribution is -2.44. The Morgan fingerprint density at radius 3 is 2.42 bits per heavy atom. The Kier molecular flexibility index (Phi) is 8.65. The standard InChI is InChI=1S/C29H30ClF3N6O4/c1-37-22(18-5-6-23(43-2)25(33)24(18)32)12-35-26(37)27(40)36-16-3-4-17(19(30)11-16)29(42)38-9-7-15(8-10-38)28(41)39-13-20(31)21(34)14-39/h3-6,11-12,15,20-21H,7-10,13-14,34H2,1-2H3,(H,36,40)/t20-,21-/m0/s1. The molecule has 2 saturated heterocycles. The maximum absolute atomic E-state index is 14.6. The number of benzene rings is 2. The molecule has 2 aromatic carbocycles. The molecule has 2 aliphatic heterocycles. The van der Waals surface area contributed by atoms with Crippen molar-refractivity contribution in [1.29, 1.82) is 0 Å². The van der Waals surface area contributed by atoms with Crippen LogP contribution in [0.25, 0.3) is 11.3 Å². The van der Waals surface area contributed by atoms with Crippen molar-refractivity contribution in [2.75, 3.05) is 38.6 Å². The van der Waals surface area contributed by atoms with Crippen LogP contribution in [0.1, 0.15) is 33.8 Å². The number of methoxy groups -OCH3 is 1. The summed E-state index contributed by atoms with van der Waals surface area (Å²) < 4.78 is 48.7. The molecule has 3 amide bonds. The maximum atomic E-state index is 14.6. The summed E-state index contributed by atoms with van der Waals surface area (Å²) in [7, 11) is 2.71. The van der Waals surface area contributed by atoms with Gasteiger partial charge in [-0.3, -0.25) is 14.4 Å². The van der Waals surface area contributed by atoms with Crippen LogP contribution < -0.4 is 15.8 Å². The number of nitrogens with two attached hydrogens (primary N) is 1. The number of nitrogens with zero attached hydrogens (tertiary/aromatic N) is 4. The zero-order chi connectivity index (χ0) is 31.0. The molecule has 5 rings (SSSR count). The Morgan fingerprint density at radius 2 is 1.79 bits per heavy atom. The first-order valence-corrected chi connectivity index (χ1v) is 14.0. The van der Waals surface area contributed by atoms with Crippen LogP contribution in [-0.2, 0) is 11.8 Å². The molecule has 1 aromatic heterocycles. The van der Waals surface area contributed by atoms with E-state index < -0.39 is 29.8 Å². The van der Waals surface area contributed by atoms with Gasteiger partial charge in [0.05, 0.1) is 42.2 Å². The summed E-state index contributed by atoms with van der Waals surface area (Å²) in [4.78, 5) is 46.1. The van der Waals surface area contributed by atoms with Gasteiger partial charge in [-0.25, -0.2) is 13.8 Å². The third-order valence-corrected chi connectivity index (χ3v) is 8.24. The Balaban J connectivity index is 1.21. The molecule has 0 radical (unpaired) electrons. The minimum atomic E-state index is -1.23. The van der Waals surface area contributed by atoms with Crippen LogP contribution in [0, 0.1) is 17.6 Å². The molecule has 0 unspecified atom stereocenters. The van der Waals surface area contributed by atoms with Crippen molar-refractivity contribution in [1.82, 2.24) is 19.4 Å². The van der Waals surface area contributed by atoms with E-state index in [2.05, 4.69) is 10.3 Å². The van der Waals surface area contributed by atoms with Crippen molar-refractivity contribution in [2.45, 2.75) is 25.1 Å². The van der Waals surface area contributed by atoms with Gasteiger partial charge in [-0.05, 0) is 43.2 Å². The number of aromatic nitrogens is 2. The highest BCUT2D eigenvalue weighted by atomic mass is 35.5. The second-order valence-electron chi connectivity index (χ2n) is 10.6. The second kappa shape index (κ2) is 12.3. The number of carbonyl (C=O) groups excluding carboxylic acids is 3. The topological polar surface area (TPSA) is 123 Å². The molecule has 0 aliphatic carbocycles. The van der Waals surface area contributed by atoms with Crippen LogP contribution in [0.5, 0.6) is 5.75 Å². The van der Waals surface area contributed by atoms with Gasteiger partial charge in [-0.2, -0.15) is 4.39 Å². The van der Waals surface area contributed by atoms with Crippen LogP contribution in [0.2, 0.25) is 5.02 Å². The van der Waals surface area contributed by atoms with Crippen LogP contribution in [0.3, 0.4) is 0 Å². The zero-order valence-corrected chi connectivity index (χ0v) is 24.2. The average Bonchev–Trinajstić information content (AvgIpc) is 3.54. The number of hydrogen-bond acceptors (Lipinski definition) is 6. The average molecular weight is 619 g/mol. The van der Waals surface area contributed by atoms with Gasteiger partial charge in [-0.15, -0.1) is 0 Å². The quantitative estimate of drug-likeness (QED) is 0.435. The molecule has 2 atom stereocenters. The molecule has 43 heavy (non-hydrogen) atoms. The molecular weight excluding hydrogens is 589 g/mol. The van der Waals surface area contributed by atoms with Gasteiger partial charge in [0.1, 0.15) is 6.17 Å². The number of halogens is 4. The van der Waals surface area contributed by atoms with Crippen molar-refractivity contribution in [3.05, 3.63) is 64.6 Å². The summed E-state index contributed by atoms with van der Waals surface area (Å²) in [6, 6.07) is 6.37. The summed E-state index contributed by atoms with van der Waals surface area (Å²) in [5, 5.41) is 2.76. The van der Waals surface area contributed by atoms with Crippen LogP contribution in [0.15, 0.2) is 36.5 Å². The molecule has 2 fully saturated rings. The summed E-state index contributed by atoms with van der Waals surface area (Å²) in [6.07, 6.45) is 0.912. The minimum Gasteiger partial charge on any atom is -0.494 e. The number of imidazole rings is 1. The predicted molar refractivity (Wildman–Crippen MR) is 153 cm³/mol. The monoisotopic (exact) mass is 618 g/mol. The van der Waals surface area contributed by atoms with Crippen molar-refractivity contribution >= 4 is 35.0 Å². The second-order valence-corrected chi connectivity index (χ2v) is 11.0. The van der Waals surface area contributed by atoms with Gasteiger partial charge in [0.25, 0.3) is 11.8 Å². The molecule has 3 N–H and O–H groups in total. The van der Waals surface area contributed by atoms with Gasteiger partial charge in [-0.1, -0.05) is 11.6 Å². The van der Waals surface area contributed by atoms with Gasteiger partial charge < -0.3 is 30.2 Å². The third kappa shape index (κ3) is 5.91. The van der Waals surface area contributed by atoms with E-state index in [0.29, 0.717) is 25.9 Å². The minimum absolute atomic E-state index is 0.000152. The largest absolute Gasteiger partial charge is 0.494 e. The highest BCUT2D eigenvalue weighted by molar-refractivity contribution is 6.34. The van der Waals surface area contributed by atoms with E-state index in [1.165, 1.54) is 60.2 Å². The van der Waals surface area contributed by atoms with Crippen molar-refractivity contribution in [2.24, 2.45) is 18.7 Å². The van der Waals surface area contributed by atoms with Crippen LogP contribution in [0.4, 0.5) is 18.9 Å². The number of alkyl halides is 1. The first-order chi connectivity index (χ1) is 20.5. The third-order valence-electron chi connectivity index (χ3n) is 7.93. The lowest BCUT2D eigenvalue weighted by Gasteiger charge is -2.33. The van der Waals surface area contributed by atoms with Crippen molar-refractivity contribution in [3.8, 4) is 17.0 Å². The molecule has 10 nitrogen and oxygen atoms in total. The molecule has 3 aromatic rings. The normalized spacial score (nSPS) is 19.0. The number of ether oxygens (including phenoxy) is 1. The summed E-state index contributed by atoms with van der Waals surface area (Å²) in [6.45, 7) is 0.868. The van der Waals surface area contributed by atoms with Crippen molar-refractivity contribution in [3.63, 3.8) is 0 Å². The van der Waals surface area contributed by atoms with E-state index in [1.807, 2.05) is 0 Å². The number of carbonyl (C=O) groups is 3. The maximum Gasteiger partial charge on any atom is 0.291 e. The van der Waals surface area contributed by atoms with Crippen molar-refractivity contribution < 1.29 is 32.3 Å². The van der Waals surface area contributed by atoms with E-state index >= 15 is 0 Å². The molecule has 0 saturated carbocycles. The van der Waals surface area contributed by atoms with Gasteiger partial charge in [0.2, 0.25) is 11.7 Å². The van der Waals surface area contributed by atoms with E-state index in [-0.39, 0.29) is 69.9 Å². The van der Waals surface area contributed by atoms with E-state index in [0.717, 1.165) is 0 Å². The molecule has 3 heterocycles. The number of likely N-dealkylation sites (tertiary alicyclic amines) is 2. The van der Waals surface area contributed by atoms with Crippen LogP contribution in [-0.4, -0.2) is 82.6 Å². The number of piperidine rings is 1. The smallest absolute Gasteiger partial charge is 0.291 e. The van der Waals surface area contributed by atoms with E-state index in [1.54, 1.807) is 4.90 Å². The van der Waals surface area contributed by atoms with Gasteiger partial charge in [0.15, 0.2) is 17.4 Å². The zero-order valence-electron chi connectivity index (χ0n) is 23.4. The molecule has 0 bridgehead atoms. The number of nitrogens with one attached hydrogen (secondary N) is 1. The lowest BCUT2D eigenvalue weighted by molar-refractivity contribution is -0.136. The fraction of sp³-hybridized carbons (Fsp3) is 0.379. The fourth-order valence-corrected chi connectivity index (χ4v) is 5.70. The molecular formula is C29H30ClF3N6O4. The summed E-state index contributed by atoms with van der Waals surface area (Å²) >= 11 is 6.42. The number of hydrogen-bond donors (Lipinski definition) is 2. The van der Waals surface area contributed by atoms with E-state index in [4.69, 9.17) is 22.1 Å². The summed E-state index contributed by atoms with van der Waals surface area (Å²) in [5.74, 6) is -4.01. The number of amides is 3. The molecule has 228 valence electrons. The number of anilines is 1. The Labute approximate surface area is 250 Å². The first-order valence-electron chi connectivity index (χ1n) is 13.6. The predicted octanol–water partition coefficient (Wildman–Crippen LogP) is 3.64. The SMILES string of the molecule is COc1ccc(-c2cnc(C(=O)Nc3ccc(C(=O)N4CCC(C(=O)N5C[C@H](N)[C@@H](F)C5)CC4)c(Cl)c3)n2C)c(F)c1F. The van der Waals surface area contributed by atoms with Crippen LogP contribution >= 0.6 is 11.6 Å². The molecule has 2 aliphatic rings. The first kappa shape index (κ1) is 30.4. The Hall–Kier alpha value is -4.10.